The van der Waals surface area contributed by atoms with Gasteiger partial charge in [-0.05, 0) is 30.7 Å². The van der Waals surface area contributed by atoms with E-state index in [0.29, 0.717) is 20.6 Å². The van der Waals surface area contributed by atoms with Gasteiger partial charge in [-0.2, -0.15) is 0 Å². The molecule has 80 valence electrons. The zero-order valence-corrected chi connectivity index (χ0v) is 9.95. The highest BCUT2D eigenvalue weighted by molar-refractivity contribution is 6.40. The first kappa shape index (κ1) is 12.4. The summed E-state index contributed by atoms with van der Waals surface area (Å²) in [6.07, 6.45) is 1.34. The van der Waals surface area contributed by atoms with Gasteiger partial charge in [0.25, 0.3) is 0 Å². The fourth-order valence-electron chi connectivity index (χ4n) is 0.967. The van der Waals surface area contributed by atoms with Crippen molar-refractivity contribution in [3.63, 3.8) is 0 Å². The Hall–Kier alpha value is -0.700. The summed E-state index contributed by atoms with van der Waals surface area (Å²) in [4.78, 5) is 10.5. The number of benzene rings is 1. The van der Waals surface area contributed by atoms with E-state index in [-0.39, 0.29) is 5.57 Å². The molecule has 0 aliphatic rings. The van der Waals surface area contributed by atoms with Gasteiger partial charge < -0.3 is 9.90 Å². The van der Waals surface area contributed by atoms with Crippen LogP contribution in [0.3, 0.4) is 0 Å². The van der Waals surface area contributed by atoms with Gasteiger partial charge in [0.1, 0.15) is 0 Å². The van der Waals surface area contributed by atoms with E-state index in [9.17, 15) is 9.90 Å². The Morgan fingerprint density at radius 1 is 1.27 bits per heavy atom. The van der Waals surface area contributed by atoms with Gasteiger partial charge in [-0.1, -0.05) is 34.8 Å². The molecule has 0 heterocycles. The average molecular weight is 265 g/mol. The minimum absolute atomic E-state index is 0.0427. The molecule has 0 saturated heterocycles. The van der Waals surface area contributed by atoms with Crippen LogP contribution in [0, 0.1) is 0 Å². The highest BCUT2D eigenvalue weighted by Gasteiger charge is 2.05. The molecule has 0 aliphatic heterocycles. The fraction of sp³-hybridized carbons (Fsp3) is 0.100. The normalized spacial score (nSPS) is 11.6. The molecule has 0 radical (unpaired) electrons. The van der Waals surface area contributed by atoms with Crippen molar-refractivity contribution in [2.24, 2.45) is 0 Å². The molecule has 0 saturated carbocycles. The second kappa shape index (κ2) is 4.88. The van der Waals surface area contributed by atoms with Crippen LogP contribution >= 0.6 is 34.8 Å². The van der Waals surface area contributed by atoms with Gasteiger partial charge in [-0.25, -0.2) is 0 Å². The molecule has 1 aromatic rings. The Balaban J connectivity index is 3.27. The number of aliphatic carboxylic acids is 1. The van der Waals surface area contributed by atoms with E-state index in [1.807, 2.05) is 0 Å². The average Bonchev–Trinajstić information content (AvgIpc) is 2.10. The van der Waals surface area contributed by atoms with Gasteiger partial charge >= 0.3 is 0 Å². The topological polar surface area (TPSA) is 40.1 Å². The quantitative estimate of drug-likeness (QED) is 0.771. The van der Waals surface area contributed by atoms with E-state index < -0.39 is 5.97 Å². The number of carbonyl (C=O) groups is 1. The third-order valence-electron chi connectivity index (χ3n) is 1.73. The third kappa shape index (κ3) is 3.13. The van der Waals surface area contributed by atoms with E-state index in [1.54, 1.807) is 0 Å². The van der Waals surface area contributed by atoms with Gasteiger partial charge in [0.2, 0.25) is 0 Å². The van der Waals surface area contributed by atoms with Crippen LogP contribution in [0.4, 0.5) is 0 Å². The standard InChI is InChI=1S/C10H7Cl3O2/c1-5(10(14)15)2-7-8(12)3-6(11)4-9(7)13/h2-4H,1H3,(H,14,15)/p-1/b5-2+. The van der Waals surface area contributed by atoms with Crippen LogP contribution in [0.5, 0.6) is 0 Å². The number of hydrogen-bond acceptors (Lipinski definition) is 2. The lowest BCUT2D eigenvalue weighted by Gasteiger charge is -2.06. The molecule has 1 rings (SSSR count). The smallest absolute Gasteiger partial charge is 0.0672 e. The molecular formula is C10H6Cl3O2-. The second-order valence-corrected chi connectivity index (χ2v) is 4.15. The Morgan fingerprint density at radius 3 is 2.13 bits per heavy atom. The molecule has 0 N–H and O–H groups in total. The Kier molecular flexibility index (Phi) is 4.03. The zero-order valence-electron chi connectivity index (χ0n) is 7.68. The number of hydrogen-bond donors (Lipinski definition) is 0. The van der Waals surface area contributed by atoms with Crippen molar-refractivity contribution < 1.29 is 9.90 Å². The third-order valence-corrected chi connectivity index (χ3v) is 2.57. The minimum atomic E-state index is -1.27. The molecule has 0 unspecified atom stereocenters. The molecule has 2 nitrogen and oxygen atoms in total. The Morgan fingerprint density at radius 2 is 1.73 bits per heavy atom. The lowest BCUT2D eigenvalue weighted by atomic mass is 10.1. The molecule has 0 aliphatic carbocycles. The number of carboxylic acid groups (broad SMARTS) is 1. The first-order valence-corrected chi connectivity index (χ1v) is 5.09. The van der Waals surface area contributed by atoms with Crippen molar-refractivity contribution in [3.8, 4) is 0 Å². The first-order chi connectivity index (χ1) is 6.91. The number of rotatable bonds is 2. The van der Waals surface area contributed by atoms with Crippen LogP contribution in [-0.4, -0.2) is 5.97 Å². The van der Waals surface area contributed by atoms with E-state index in [4.69, 9.17) is 34.8 Å². The molecule has 0 fully saturated rings. The lowest BCUT2D eigenvalue weighted by molar-refractivity contribution is -0.299. The van der Waals surface area contributed by atoms with Gasteiger partial charge in [-0.15, -0.1) is 0 Å². The van der Waals surface area contributed by atoms with E-state index in [1.165, 1.54) is 25.1 Å². The van der Waals surface area contributed by atoms with Crippen LogP contribution in [-0.2, 0) is 4.79 Å². The predicted octanol–water partition coefficient (Wildman–Crippen LogP) is 2.80. The van der Waals surface area contributed by atoms with Crippen molar-refractivity contribution in [2.75, 3.05) is 0 Å². The van der Waals surface area contributed by atoms with Crippen molar-refractivity contribution in [1.29, 1.82) is 0 Å². The maximum Gasteiger partial charge on any atom is 0.0672 e. The van der Waals surface area contributed by atoms with Crippen LogP contribution in [0.15, 0.2) is 17.7 Å². The van der Waals surface area contributed by atoms with Crippen LogP contribution in [0.1, 0.15) is 12.5 Å². The summed E-state index contributed by atoms with van der Waals surface area (Å²) in [5.41, 5.74) is 0.463. The van der Waals surface area contributed by atoms with Crippen molar-refractivity contribution in [1.82, 2.24) is 0 Å². The molecule has 5 heteroatoms. The molecule has 0 aromatic heterocycles. The summed E-state index contributed by atoms with van der Waals surface area (Å²) in [5, 5.41) is 11.5. The minimum Gasteiger partial charge on any atom is -0.545 e. The van der Waals surface area contributed by atoms with Gasteiger partial charge in [0.05, 0.1) is 16.0 Å². The first-order valence-electron chi connectivity index (χ1n) is 3.96. The van der Waals surface area contributed by atoms with Gasteiger partial charge in [-0.3, -0.25) is 0 Å². The van der Waals surface area contributed by atoms with Gasteiger partial charge in [0.15, 0.2) is 0 Å². The van der Waals surface area contributed by atoms with Crippen LogP contribution in [0.25, 0.3) is 6.08 Å². The second-order valence-electron chi connectivity index (χ2n) is 2.90. The maximum atomic E-state index is 10.5. The summed E-state index contributed by atoms with van der Waals surface area (Å²) in [7, 11) is 0. The lowest BCUT2D eigenvalue weighted by Crippen LogP contribution is -2.22. The molecule has 0 amide bonds. The summed E-state index contributed by atoms with van der Waals surface area (Å²) < 4.78 is 0. The van der Waals surface area contributed by atoms with Crippen molar-refractivity contribution in [2.45, 2.75) is 6.92 Å². The number of carbonyl (C=O) groups excluding carboxylic acids is 1. The monoisotopic (exact) mass is 263 g/mol. The summed E-state index contributed by atoms with van der Waals surface area (Å²) in [6.45, 7) is 1.40. The largest absolute Gasteiger partial charge is 0.545 e. The van der Waals surface area contributed by atoms with Crippen LogP contribution < -0.4 is 5.11 Å². The molecule has 1 aromatic carbocycles. The number of carboxylic acids is 1. The molecule has 0 bridgehead atoms. The van der Waals surface area contributed by atoms with Crippen molar-refractivity contribution in [3.05, 3.63) is 38.3 Å². The maximum absolute atomic E-state index is 10.5. The molecule has 15 heavy (non-hydrogen) atoms. The van der Waals surface area contributed by atoms with E-state index in [2.05, 4.69) is 0 Å². The summed E-state index contributed by atoms with van der Waals surface area (Å²) >= 11 is 17.4. The zero-order chi connectivity index (χ0) is 11.6. The molecule has 0 atom stereocenters. The number of halogens is 3. The van der Waals surface area contributed by atoms with Gasteiger partial charge in [0, 0.05) is 10.6 Å². The van der Waals surface area contributed by atoms with E-state index in [0.717, 1.165) is 0 Å². The molecular weight excluding hydrogens is 258 g/mol. The molecule has 0 spiro atoms. The summed E-state index contributed by atoms with van der Waals surface area (Å²) in [6, 6.07) is 2.98. The highest BCUT2D eigenvalue weighted by atomic mass is 35.5. The SMILES string of the molecule is C/C(=C\c1c(Cl)cc(Cl)cc1Cl)C(=O)[O-]. The Labute approximate surface area is 102 Å². The van der Waals surface area contributed by atoms with Crippen molar-refractivity contribution >= 4 is 46.8 Å². The predicted molar refractivity (Wildman–Crippen MR) is 60.1 cm³/mol. The van der Waals surface area contributed by atoms with E-state index >= 15 is 0 Å². The highest BCUT2D eigenvalue weighted by Crippen LogP contribution is 2.30. The van der Waals surface area contributed by atoms with Crippen LogP contribution in [0.2, 0.25) is 15.1 Å². The Bertz CT molecular complexity index is 415. The fourth-order valence-corrected chi connectivity index (χ4v) is 1.89. The summed E-state index contributed by atoms with van der Waals surface area (Å²) in [5.74, 6) is -1.27.